The first kappa shape index (κ1) is 14.6. The van der Waals surface area contributed by atoms with E-state index in [-0.39, 0.29) is 11.8 Å². The van der Waals surface area contributed by atoms with Crippen molar-refractivity contribution in [2.24, 2.45) is 0 Å². The maximum Gasteiger partial charge on any atom is 0.220 e. The molecule has 0 spiro atoms. The summed E-state index contributed by atoms with van der Waals surface area (Å²) in [6, 6.07) is 8.16. The van der Waals surface area contributed by atoms with E-state index < -0.39 is 0 Å². The standard InChI is InChI=1S/C16H22N2O2/c1-12(2)11-20-8-7-17-16(19)9-13-10-18-15-6-4-3-5-14(13)15/h3-6,13,18H,1,7-11H2,2H3,(H,17,19). The Balaban J connectivity index is 1.69. The molecule has 0 aliphatic carbocycles. The van der Waals surface area contributed by atoms with Crippen molar-refractivity contribution >= 4 is 11.6 Å². The van der Waals surface area contributed by atoms with Gasteiger partial charge in [0.25, 0.3) is 0 Å². The summed E-state index contributed by atoms with van der Waals surface area (Å²) in [7, 11) is 0. The molecule has 1 aliphatic rings. The number of nitrogens with one attached hydrogen (secondary N) is 2. The number of hydrogen-bond acceptors (Lipinski definition) is 3. The molecule has 108 valence electrons. The van der Waals surface area contributed by atoms with Crippen molar-refractivity contribution in [1.82, 2.24) is 5.32 Å². The van der Waals surface area contributed by atoms with Gasteiger partial charge in [0, 0.05) is 31.1 Å². The maximum absolute atomic E-state index is 11.9. The average molecular weight is 274 g/mol. The molecule has 1 aromatic rings. The maximum atomic E-state index is 11.9. The van der Waals surface area contributed by atoms with Gasteiger partial charge in [-0.3, -0.25) is 4.79 Å². The van der Waals surface area contributed by atoms with Gasteiger partial charge in [0.15, 0.2) is 0 Å². The number of carbonyl (C=O) groups is 1. The molecule has 0 radical (unpaired) electrons. The lowest BCUT2D eigenvalue weighted by Crippen LogP contribution is -2.29. The second-order valence-corrected chi connectivity index (χ2v) is 5.23. The second kappa shape index (κ2) is 7.10. The molecule has 0 fully saturated rings. The minimum atomic E-state index is 0.0763. The van der Waals surface area contributed by atoms with Crippen LogP contribution >= 0.6 is 0 Å². The van der Waals surface area contributed by atoms with Crippen LogP contribution in [0, 0.1) is 0 Å². The van der Waals surface area contributed by atoms with Crippen molar-refractivity contribution in [1.29, 1.82) is 0 Å². The molecule has 1 aromatic carbocycles. The average Bonchev–Trinajstić information content (AvgIpc) is 2.81. The number of para-hydroxylation sites is 1. The normalized spacial score (nSPS) is 16.4. The Morgan fingerprint density at radius 1 is 1.50 bits per heavy atom. The van der Waals surface area contributed by atoms with Crippen LogP contribution in [-0.2, 0) is 9.53 Å². The third kappa shape index (κ3) is 4.10. The van der Waals surface area contributed by atoms with E-state index in [1.54, 1.807) is 0 Å². The highest BCUT2D eigenvalue weighted by Gasteiger charge is 2.23. The number of carbonyl (C=O) groups excluding carboxylic acids is 1. The topological polar surface area (TPSA) is 50.4 Å². The van der Waals surface area contributed by atoms with E-state index in [1.807, 2.05) is 19.1 Å². The van der Waals surface area contributed by atoms with Crippen LogP contribution in [0.15, 0.2) is 36.4 Å². The van der Waals surface area contributed by atoms with E-state index in [0.29, 0.717) is 26.2 Å². The van der Waals surface area contributed by atoms with Gasteiger partial charge in [-0.25, -0.2) is 0 Å². The molecule has 2 rings (SSSR count). The lowest BCUT2D eigenvalue weighted by atomic mass is 9.98. The van der Waals surface area contributed by atoms with Gasteiger partial charge in [0.05, 0.1) is 13.2 Å². The summed E-state index contributed by atoms with van der Waals surface area (Å²) in [4.78, 5) is 11.9. The van der Waals surface area contributed by atoms with Crippen molar-refractivity contribution in [3.63, 3.8) is 0 Å². The molecule has 0 saturated carbocycles. The van der Waals surface area contributed by atoms with Crippen LogP contribution in [0.3, 0.4) is 0 Å². The fraction of sp³-hybridized carbons (Fsp3) is 0.438. The minimum absolute atomic E-state index is 0.0763. The van der Waals surface area contributed by atoms with Crippen molar-refractivity contribution in [3.05, 3.63) is 42.0 Å². The van der Waals surface area contributed by atoms with Crippen LogP contribution in [0.25, 0.3) is 0 Å². The molecule has 1 aliphatic heterocycles. The van der Waals surface area contributed by atoms with Crippen LogP contribution in [0.2, 0.25) is 0 Å². The third-order valence-corrected chi connectivity index (χ3v) is 3.29. The molecule has 4 heteroatoms. The molecule has 2 N–H and O–H groups in total. The predicted molar refractivity (Wildman–Crippen MR) is 80.9 cm³/mol. The van der Waals surface area contributed by atoms with E-state index in [2.05, 4.69) is 29.3 Å². The number of amides is 1. The van der Waals surface area contributed by atoms with Crippen LogP contribution in [0.4, 0.5) is 5.69 Å². The van der Waals surface area contributed by atoms with E-state index in [0.717, 1.165) is 17.8 Å². The Hall–Kier alpha value is -1.81. The SMILES string of the molecule is C=C(C)COCCNC(=O)CC1CNc2ccccc21. The summed E-state index contributed by atoms with van der Waals surface area (Å²) in [6.45, 7) is 8.14. The molecule has 0 aromatic heterocycles. The highest BCUT2D eigenvalue weighted by Crippen LogP contribution is 2.32. The monoisotopic (exact) mass is 274 g/mol. The van der Waals surface area contributed by atoms with Gasteiger partial charge in [-0.05, 0) is 18.6 Å². The first-order valence-electron chi connectivity index (χ1n) is 6.98. The van der Waals surface area contributed by atoms with Gasteiger partial charge in [-0.15, -0.1) is 0 Å². The van der Waals surface area contributed by atoms with E-state index in [1.165, 1.54) is 5.56 Å². The van der Waals surface area contributed by atoms with Crippen LogP contribution in [-0.4, -0.2) is 32.2 Å². The Labute approximate surface area is 120 Å². The Morgan fingerprint density at radius 2 is 2.30 bits per heavy atom. The minimum Gasteiger partial charge on any atom is -0.384 e. The molecular formula is C16H22N2O2. The van der Waals surface area contributed by atoms with Crippen LogP contribution in [0.1, 0.15) is 24.8 Å². The summed E-state index contributed by atoms with van der Waals surface area (Å²) in [5.41, 5.74) is 3.38. The Kier molecular flexibility index (Phi) is 5.18. The third-order valence-electron chi connectivity index (χ3n) is 3.29. The summed E-state index contributed by atoms with van der Waals surface area (Å²) >= 11 is 0. The van der Waals surface area contributed by atoms with E-state index >= 15 is 0 Å². The number of ether oxygens (including phenoxy) is 1. The van der Waals surface area contributed by atoms with Gasteiger partial charge >= 0.3 is 0 Å². The zero-order chi connectivity index (χ0) is 14.4. The summed E-state index contributed by atoms with van der Waals surface area (Å²) < 4.78 is 5.35. The summed E-state index contributed by atoms with van der Waals surface area (Å²) in [5.74, 6) is 0.343. The zero-order valence-electron chi connectivity index (χ0n) is 11.9. The highest BCUT2D eigenvalue weighted by atomic mass is 16.5. The molecule has 1 heterocycles. The smallest absolute Gasteiger partial charge is 0.220 e. The Morgan fingerprint density at radius 3 is 3.10 bits per heavy atom. The van der Waals surface area contributed by atoms with Gasteiger partial charge < -0.3 is 15.4 Å². The number of anilines is 1. The number of rotatable bonds is 7. The van der Waals surface area contributed by atoms with Crippen molar-refractivity contribution < 1.29 is 9.53 Å². The van der Waals surface area contributed by atoms with Crippen molar-refractivity contribution in [2.75, 3.05) is 31.6 Å². The van der Waals surface area contributed by atoms with E-state index in [9.17, 15) is 4.79 Å². The lowest BCUT2D eigenvalue weighted by molar-refractivity contribution is -0.121. The molecule has 0 saturated heterocycles. The van der Waals surface area contributed by atoms with Crippen molar-refractivity contribution in [2.45, 2.75) is 19.3 Å². The predicted octanol–water partition coefficient (Wildman–Crippen LogP) is 2.29. The van der Waals surface area contributed by atoms with Crippen LogP contribution < -0.4 is 10.6 Å². The molecule has 1 unspecified atom stereocenters. The molecule has 0 bridgehead atoms. The van der Waals surface area contributed by atoms with E-state index in [4.69, 9.17) is 4.74 Å². The summed E-state index contributed by atoms with van der Waals surface area (Å²) in [6.07, 6.45) is 0.518. The van der Waals surface area contributed by atoms with Gasteiger partial charge in [0.1, 0.15) is 0 Å². The van der Waals surface area contributed by atoms with Gasteiger partial charge in [-0.1, -0.05) is 30.4 Å². The fourth-order valence-electron chi connectivity index (χ4n) is 2.34. The molecule has 1 atom stereocenters. The van der Waals surface area contributed by atoms with Crippen LogP contribution in [0.5, 0.6) is 0 Å². The summed E-state index contributed by atoms with van der Waals surface area (Å²) in [5, 5.41) is 6.22. The molecule has 1 amide bonds. The molecule has 20 heavy (non-hydrogen) atoms. The van der Waals surface area contributed by atoms with Crippen molar-refractivity contribution in [3.8, 4) is 0 Å². The zero-order valence-corrected chi connectivity index (χ0v) is 11.9. The largest absolute Gasteiger partial charge is 0.384 e. The van der Waals surface area contributed by atoms with Gasteiger partial charge in [-0.2, -0.15) is 0 Å². The first-order valence-corrected chi connectivity index (χ1v) is 6.98. The lowest BCUT2D eigenvalue weighted by Gasteiger charge is -2.11. The highest BCUT2D eigenvalue weighted by molar-refractivity contribution is 5.78. The second-order valence-electron chi connectivity index (χ2n) is 5.23. The Bertz CT molecular complexity index is 485. The fourth-order valence-corrected chi connectivity index (χ4v) is 2.34. The number of hydrogen-bond donors (Lipinski definition) is 2. The molecule has 4 nitrogen and oxygen atoms in total. The van der Waals surface area contributed by atoms with Gasteiger partial charge in [0.2, 0.25) is 5.91 Å². The number of fused-ring (bicyclic) bond motifs is 1. The number of benzene rings is 1. The molecular weight excluding hydrogens is 252 g/mol. The first-order chi connectivity index (χ1) is 9.66. The quantitative estimate of drug-likeness (QED) is 0.592.